The molecule has 0 aliphatic carbocycles. The first-order chi connectivity index (χ1) is 9.35. The van der Waals surface area contributed by atoms with Gasteiger partial charge in [0, 0.05) is 16.2 Å². The SMILES string of the molecule is CCC(C)(C)n1c(SCC(=O)O)nc2cc(Br)cnc21. The Morgan fingerprint density at radius 3 is 2.85 bits per heavy atom. The standard InChI is InChI=1S/C13H16BrN3O2S/c1-4-13(2,3)17-11-9(5-8(14)6-15-11)16-12(17)20-7-10(18)19/h5-6H,4,7H2,1-3H3,(H,18,19). The lowest BCUT2D eigenvalue weighted by Crippen LogP contribution is -2.26. The molecule has 0 saturated carbocycles. The van der Waals surface area contributed by atoms with Gasteiger partial charge in [0.05, 0.1) is 5.75 Å². The van der Waals surface area contributed by atoms with Gasteiger partial charge < -0.3 is 5.11 Å². The fourth-order valence-electron chi connectivity index (χ4n) is 1.85. The number of aliphatic carboxylic acids is 1. The minimum atomic E-state index is -0.850. The summed E-state index contributed by atoms with van der Waals surface area (Å²) < 4.78 is 2.89. The van der Waals surface area contributed by atoms with Gasteiger partial charge in [0.15, 0.2) is 10.8 Å². The average molecular weight is 358 g/mol. The minimum Gasteiger partial charge on any atom is -0.481 e. The van der Waals surface area contributed by atoms with Crippen LogP contribution in [-0.2, 0) is 10.3 Å². The maximum absolute atomic E-state index is 10.8. The van der Waals surface area contributed by atoms with Crippen molar-refractivity contribution in [2.75, 3.05) is 5.75 Å². The Balaban J connectivity index is 2.59. The van der Waals surface area contributed by atoms with Crippen molar-refractivity contribution < 1.29 is 9.90 Å². The largest absolute Gasteiger partial charge is 0.481 e. The van der Waals surface area contributed by atoms with Gasteiger partial charge in [-0.05, 0) is 42.3 Å². The van der Waals surface area contributed by atoms with Gasteiger partial charge in [0.2, 0.25) is 0 Å². The lowest BCUT2D eigenvalue weighted by molar-refractivity contribution is -0.133. The van der Waals surface area contributed by atoms with Gasteiger partial charge in [-0.15, -0.1) is 0 Å². The number of carboxylic acids is 1. The summed E-state index contributed by atoms with van der Waals surface area (Å²) in [5, 5.41) is 9.56. The number of fused-ring (bicyclic) bond motifs is 1. The zero-order valence-electron chi connectivity index (χ0n) is 11.6. The van der Waals surface area contributed by atoms with Crippen molar-refractivity contribution in [3.8, 4) is 0 Å². The first kappa shape index (κ1) is 15.3. The molecule has 108 valence electrons. The predicted octanol–water partition coefficient (Wildman–Crippen LogP) is 3.52. The molecule has 0 atom stereocenters. The van der Waals surface area contributed by atoms with Crippen LogP contribution in [0.1, 0.15) is 27.2 Å². The Kier molecular flexibility index (Phi) is 4.39. The van der Waals surface area contributed by atoms with Gasteiger partial charge in [-0.1, -0.05) is 18.7 Å². The van der Waals surface area contributed by atoms with Crippen LogP contribution in [0.2, 0.25) is 0 Å². The molecule has 20 heavy (non-hydrogen) atoms. The van der Waals surface area contributed by atoms with E-state index in [-0.39, 0.29) is 11.3 Å². The van der Waals surface area contributed by atoms with Crippen molar-refractivity contribution in [3.63, 3.8) is 0 Å². The number of halogens is 1. The van der Waals surface area contributed by atoms with Gasteiger partial charge in [-0.25, -0.2) is 9.97 Å². The molecule has 2 rings (SSSR count). The van der Waals surface area contributed by atoms with E-state index in [4.69, 9.17) is 5.11 Å². The molecule has 1 N–H and O–H groups in total. The van der Waals surface area contributed by atoms with Crippen molar-refractivity contribution in [1.82, 2.24) is 14.5 Å². The molecule has 2 aromatic rings. The van der Waals surface area contributed by atoms with Crippen molar-refractivity contribution in [2.24, 2.45) is 0 Å². The fourth-order valence-corrected chi connectivity index (χ4v) is 3.04. The summed E-state index contributed by atoms with van der Waals surface area (Å²) in [5.41, 5.74) is 1.39. The van der Waals surface area contributed by atoms with E-state index in [9.17, 15) is 4.79 Å². The van der Waals surface area contributed by atoms with Gasteiger partial charge in [0.25, 0.3) is 0 Å². The van der Waals surface area contributed by atoms with Crippen LogP contribution in [0.15, 0.2) is 21.9 Å². The minimum absolute atomic E-state index is 0.00964. The second kappa shape index (κ2) is 5.73. The number of pyridine rings is 1. The van der Waals surface area contributed by atoms with E-state index in [1.165, 1.54) is 11.8 Å². The van der Waals surface area contributed by atoms with Crippen LogP contribution >= 0.6 is 27.7 Å². The molecule has 0 amide bonds. The Morgan fingerprint density at radius 1 is 1.55 bits per heavy atom. The van der Waals surface area contributed by atoms with Gasteiger partial charge in [-0.2, -0.15) is 0 Å². The molecular formula is C13H16BrN3O2S. The van der Waals surface area contributed by atoms with Gasteiger partial charge >= 0.3 is 5.97 Å². The predicted molar refractivity (Wildman–Crippen MR) is 83.2 cm³/mol. The highest BCUT2D eigenvalue weighted by Gasteiger charge is 2.25. The molecule has 0 spiro atoms. The lowest BCUT2D eigenvalue weighted by atomic mass is 10.0. The van der Waals surface area contributed by atoms with E-state index in [1.54, 1.807) is 6.20 Å². The number of thioether (sulfide) groups is 1. The van der Waals surface area contributed by atoms with E-state index in [0.717, 1.165) is 22.1 Å². The number of carboxylic acid groups (broad SMARTS) is 1. The number of aromatic nitrogens is 3. The van der Waals surface area contributed by atoms with Crippen LogP contribution in [0.5, 0.6) is 0 Å². The molecular weight excluding hydrogens is 342 g/mol. The number of hydrogen-bond donors (Lipinski definition) is 1. The molecule has 0 fully saturated rings. The van der Waals surface area contributed by atoms with E-state index in [1.807, 2.05) is 10.6 Å². The van der Waals surface area contributed by atoms with Crippen LogP contribution in [-0.4, -0.2) is 31.4 Å². The summed E-state index contributed by atoms with van der Waals surface area (Å²) in [6.07, 6.45) is 2.63. The fraction of sp³-hybridized carbons (Fsp3) is 0.462. The first-order valence-electron chi connectivity index (χ1n) is 6.24. The quantitative estimate of drug-likeness (QED) is 0.829. The van der Waals surface area contributed by atoms with Crippen LogP contribution in [0.3, 0.4) is 0 Å². The molecule has 2 heterocycles. The van der Waals surface area contributed by atoms with E-state index >= 15 is 0 Å². The molecule has 5 nitrogen and oxygen atoms in total. The Hall–Kier alpha value is -1.08. The zero-order chi connectivity index (χ0) is 14.9. The highest BCUT2D eigenvalue weighted by molar-refractivity contribution is 9.10. The van der Waals surface area contributed by atoms with E-state index in [2.05, 4.69) is 46.7 Å². The summed E-state index contributed by atoms with van der Waals surface area (Å²) in [7, 11) is 0. The second-order valence-electron chi connectivity index (χ2n) is 5.07. The van der Waals surface area contributed by atoms with Crippen molar-refractivity contribution in [2.45, 2.75) is 37.9 Å². The third kappa shape index (κ3) is 2.98. The Bertz CT molecular complexity index is 654. The lowest BCUT2D eigenvalue weighted by Gasteiger charge is -2.27. The molecule has 0 bridgehead atoms. The normalized spacial score (nSPS) is 12.0. The molecule has 0 unspecified atom stereocenters. The average Bonchev–Trinajstić information content (AvgIpc) is 2.74. The zero-order valence-corrected chi connectivity index (χ0v) is 14.0. The van der Waals surface area contributed by atoms with Crippen molar-refractivity contribution >= 4 is 44.8 Å². The number of hydrogen-bond acceptors (Lipinski definition) is 4. The third-order valence-electron chi connectivity index (χ3n) is 3.23. The molecule has 0 aliphatic rings. The summed E-state index contributed by atoms with van der Waals surface area (Å²) >= 11 is 4.61. The van der Waals surface area contributed by atoms with E-state index in [0.29, 0.717) is 5.16 Å². The molecule has 0 aromatic carbocycles. The number of carbonyl (C=O) groups is 1. The number of imidazole rings is 1. The molecule has 0 radical (unpaired) electrons. The van der Waals surface area contributed by atoms with E-state index < -0.39 is 5.97 Å². The summed E-state index contributed by atoms with van der Waals surface area (Å²) in [4.78, 5) is 19.8. The van der Waals surface area contributed by atoms with Crippen LogP contribution in [0, 0.1) is 0 Å². The molecule has 7 heteroatoms. The summed E-state index contributed by atoms with van der Waals surface area (Å²) in [6.45, 7) is 6.29. The smallest absolute Gasteiger partial charge is 0.313 e. The topological polar surface area (TPSA) is 68.0 Å². The van der Waals surface area contributed by atoms with Crippen molar-refractivity contribution in [3.05, 3.63) is 16.7 Å². The number of nitrogens with zero attached hydrogens (tertiary/aromatic N) is 3. The van der Waals surface area contributed by atoms with Crippen molar-refractivity contribution in [1.29, 1.82) is 0 Å². The monoisotopic (exact) mass is 357 g/mol. The number of rotatable bonds is 5. The first-order valence-corrected chi connectivity index (χ1v) is 8.02. The summed E-state index contributed by atoms with van der Waals surface area (Å²) in [6, 6.07) is 1.90. The van der Waals surface area contributed by atoms with Crippen LogP contribution in [0.25, 0.3) is 11.2 Å². The highest BCUT2D eigenvalue weighted by atomic mass is 79.9. The second-order valence-corrected chi connectivity index (χ2v) is 6.93. The molecule has 2 aromatic heterocycles. The van der Waals surface area contributed by atoms with Gasteiger partial charge in [-0.3, -0.25) is 9.36 Å². The highest BCUT2D eigenvalue weighted by Crippen LogP contribution is 2.32. The molecule has 0 aliphatic heterocycles. The summed E-state index contributed by atoms with van der Waals surface area (Å²) in [5.74, 6) is -0.860. The van der Waals surface area contributed by atoms with Crippen LogP contribution < -0.4 is 0 Å². The Morgan fingerprint density at radius 2 is 2.25 bits per heavy atom. The van der Waals surface area contributed by atoms with Gasteiger partial charge in [0.1, 0.15) is 5.52 Å². The Labute approximate surface area is 129 Å². The van der Waals surface area contributed by atoms with Crippen LogP contribution in [0.4, 0.5) is 0 Å². The molecule has 0 saturated heterocycles. The maximum Gasteiger partial charge on any atom is 0.313 e. The third-order valence-corrected chi connectivity index (χ3v) is 4.59. The maximum atomic E-state index is 10.8.